The molecule has 1 fully saturated rings. The Hall–Kier alpha value is -2.54. The summed E-state index contributed by atoms with van der Waals surface area (Å²) < 4.78 is 13.3. The van der Waals surface area contributed by atoms with Crippen LogP contribution in [0.2, 0.25) is 0 Å². The number of carbonyl (C=O) groups is 1. The Morgan fingerprint density at radius 1 is 1.29 bits per heavy atom. The second-order valence-electron chi connectivity index (χ2n) is 7.83. The van der Waals surface area contributed by atoms with Gasteiger partial charge in [-0.05, 0) is 44.0 Å². The number of H-pyrrole nitrogens is 1. The zero-order valence-corrected chi connectivity index (χ0v) is 16.1. The third kappa shape index (κ3) is 3.99. The van der Waals surface area contributed by atoms with E-state index in [9.17, 15) is 14.0 Å². The van der Waals surface area contributed by atoms with Crippen molar-refractivity contribution in [1.82, 2.24) is 19.8 Å². The molecule has 0 aliphatic carbocycles. The highest BCUT2D eigenvalue weighted by atomic mass is 19.1. The molecule has 0 bridgehead atoms. The van der Waals surface area contributed by atoms with Crippen molar-refractivity contribution in [2.75, 3.05) is 26.7 Å². The van der Waals surface area contributed by atoms with Crippen LogP contribution in [0.4, 0.5) is 4.39 Å². The Balaban J connectivity index is 1.40. The second-order valence-corrected chi connectivity index (χ2v) is 7.83. The summed E-state index contributed by atoms with van der Waals surface area (Å²) in [6, 6.07) is 6.18. The lowest BCUT2D eigenvalue weighted by Crippen LogP contribution is -2.40. The number of fused-ring (bicyclic) bond motifs is 1. The van der Waals surface area contributed by atoms with Gasteiger partial charge in [0.15, 0.2) is 0 Å². The van der Waals surface area contributed by atoms with E-state index >= 15 is 0 Å². The molecule has 28 heavy (non-hydrogen) atoms. The minimum atomic E-state index is -0.322. The zero-order chi connectivity index (χ0) is 19.7. The summed E-state index contributed by atoms with van der Waals surface area (Å²) in [4.78, 5) is 36.7. The predicted molar refractivity (Wildman–Crippen MR) is 104 cm³/mol. The van der Waals surface area contributed by atoms with Gasteiger partial charge in [-0.25, -0.2) is 9.37 Å². The van der Waals surface area contributed by atoms with Gasteiger partial charge >= 0.3 is 0 Å². The fraction of sp³-hybridized carbons (Fsp3) is 0.476. The Morgan fingerprint density at radius 2 is 2.07 bits per heavy atom. The number of hydrogen-bond donors (Lipinski definition) is 1. The molecule has 0 atom stereocenters. The molecule has 148 valence electrons. The first kappa shape index (κ1) is 18.8. The number of likely N-dealkylation sites (tertiary alicyclic amines) is 1. The largest absolute Gasteiger partial charge is 0.342 e. The molecule has 1 aromatic heterocycles. The standard InChI is InChI=1S/C21H25FN4O2/c1-25-8-7-17-18(13-25)23-20(24-21(17)28)15-5-9-26(10-6-15)19(27)12-14-3-2-4-16(22)11-14/h2-4,11,15H,5-10,12-13H2,1H3,(H,23,24,28). The Kier molecular flexibility index (Phi) is 5.26. The van der Waals surface area contributed by atoms with Crippen LogP contribution >= 0.6 is 0 Å². The van der Waals surface area contributed by atoms with Gasteiger partial charge in [-0.2, -0.15) is 0 Å². The molecule has 6 nitrogen and oxygen atoms in total. The Bertz CT molecular complexity index is 934. The van der Waals surface area contributed by atoms with Gasteiger partial charge in [0.25, 0.3) is 5.56 Å². The number of aromatic nitrogens is 2. The Morgan fingerprint density at radius 3 is 2.82 bits per heavy atom. The first-order valence-corrected chi connectivity index (χ1v) is 9.82. The van der Waals surface area contributed by atoms with Crippen molar-refractivity contribution in [3.8, 4) is 0 Å². The normalized spacial score (nSPS) is 18.1. The first-order valence-electron chi connectivity index (χ1n) is 9.82. The van der Waals surface area contributed by atoms with Crippen molar-refractivity contribution in [3.63, 3.8) is 0 Å². The van der Waals surface area contributed by atoms with Crippen LogP contribution in [-0.2, 0) is 24.2 Å². The molecule has 0 unspecified atom stereocenters. The van der Waals surface area contributed by atoms with E-state index in [0.29, 0.717) is 25.2 Å². The minimum absolute atomic E-state index is 0.0116. The number of rotatable bonds is 3. The smallest absolute Gasteiger partial charge is 0.254 e. The van der Waals surface area contributed by atoms with E-state index in [2.05, 4.69) is 9.88 Å². The average Bonchev–Trinajstić information content (AvgIpc) is 2.67. The van der Waals surface area contributed by atoms with E-state index in [4.69, 9.17) is 4.98 Å². The topological polar surface area (TPSA) is 69.3 Å². The summed E-state index contributed by atoms with van der Waals surface area (Å²) >= 11 is 0. The van der Waals surface area contributed by atoms with Gasteiger partial charge in [-0.1, -0.05) is 12.1 Å². The van der Waals surface area contributed by atoms with Crippen LogP contribution in [-0.4, -0.2) is 52.4 Å². The maximum absolute atomic E-state index is 13.3. The fourth-order valence-corrected chi connectivity index (χ4v) is 4.12. The molecule has 0 radical (unpaired) electrons. The molecule has 1 amide bonds. The number of carbonyl (C=O) groups excluding carboxylic acids is 1. The van der Waals surface area contributed by atoms with Crippen molar-refractivity contribution in [2.45, 2.75) is 38.1 Å². The molecule has 7 heteroatoms. The van der Waals surface area contributed by atoms with Crippen molar-refractivity contribution in [3.05, 3.63) is 63.1 Å². The van der Waals surface area contributed by atoms with Gasteiger partial charge in [0.05, 0.1) is 12.1 Å². The van der Waals surface area contributed by atoms with Gasteiger partial charge < -0.3 is 14.8 Å². The van der Waals surface area contributed by atoms with Gasteiger partial charge in [0.1, 0.15) is 11.6 Å². The van der Waals surface area contributed by atoms with Crippen LogP contribution in [0.3, 0.4) is 0 Å². The van der Waals surface area contributed by atoms with Gasteiger partial charge in [-0.3, -0.25) is 9.59 Å². The van der Waals surface area contributed by atoms with Crippen LogP contribution in [0, 0.1) is 5.82 Å². The number of nitrogens with zero attached hydrogens (tertiary/aromatic N) is 3. The predicted octanol–water partition coefficient (Wildman–Crippen LogP) is 1.85. The quantitative estimate of drug-likeness (QED) is 0.877. The summed E-state index contributed by atoms with van der Waals surface area (Å²) in [5.74, 6) is 0.592. The lowest BCUT2D eigenvalue weighted by molar-refractivity contribution is -0.131. The molecule has 1 saturated heterocycles. The SMILES string of the molecule is CN1CCc2c(nc(C3CCN(C(=O)Cc4cccc(F)c4)CC3)[nH]c2=O)C1. The molecule has 2 aromatic rings. The Labute approximate surface area is 163 Å². The van der Waals surface area contributed by atoms with E-state index in [1.165, 1.54) is 12.1 Å². The summed E-state index contributed by atoms with van der Waals surface area (Å²) in [5, 5.41) is 0. The molecule has 0 spiro atoms. The van der Waals surface area contributed by atoms with E-state index in [0.717, 1.165) is 42.9 Å². The zero-order valence-electron chi connectivity index (χ0n) is 16.1. The number of halogens is 1. The molecule has 2 aliphatic heterocycles. The maximum Gasteiger partial charge on any atom is 0.254 e. The second kappa shape index (κ2) is 7.83. The van der Waals surface area contributed by atoms with Crippen LogP contribution in [0.25, 0.3) is 0 Å². The van der Waals surface area contributed by atoms with E-state index in [1.54, 1.807) is 12.1 Å². The van der Waals surface area contributed by atoms with Crippen molar-refractivity contribution in [2.24, 2.45) is 0 Å². The van der Waals surface area contributed by atoms with E-state index in [-0.39, 0.29) is 29.6 Å². The van der Waals surface area contributed by atoms with E-state index < -0.39 is 0 Å². The van der Waals surface area contributed by atoms with Crippen LogP contribution in [0.5, 0.6) is 0 Å². The van der Waals surface area contributed by atoms with Crippen LogP contribution in [0.1, 0.15) is 41.4 Å². The average molecular weight is 384 g/mol. The molecule has 2 aliphatic rings. The number of piperidine rings is 1. The monoisotopic (exact) mass is 384 g/mol. The molecule has 0 saturated carbocycles. The number of nitrogens with one attached hydrogen (secondary N) is 1. The third-order valence-corrected chi connectivity index (χ3v) is 5.76. The lowest BCUT2D eigenvalue weighted by atomic mass is 9.94. The summed E-state index contributed by atoms with van der Waals surface area (Å²) in [6.45, 7) is 2.83. The van der Waals surface area contributed by atoms with Crippen LogP contribution < -0.4 is 5.56 Å². The van der Waals surface area contributed by atoms with Gasteiger partial charge in [0.2, 0.25) is 5.91 Å². The van der Waals surface area contributed by atoms with Gasteiger partial charge in [0, 0.05) is 37.7 Å². The number of benzene rings is 1. The highest BCUT2D eigenvalue weighted by molar-refractivity contribution is 5.78. The lowest BCUT2D eigenvalue weighted by Gasteiger charge is -2.32. The minimum Gasteiger partial charge on any atom is -0.342 e. The molecular weight excluding hydrogens is 359 g/mol. The first-order chi connectivity index (χ1) is 13.5. The van der Waals surface area contributed by atoms with Crippen molar-refractivity contribution >= 4 is 5.91 Å². The van der Waals surface area contributed by atoms with Gasteiger partial charge in [-0.15, -0.1) is 0 Å². The maximum atomic E-state index is 13.3. The fourth-order valence-electron chi connectivity index (χ4n) is 4.12. The summed E-state index contributed by atoms with van der Waals surface area (Å²) in [5.41, 5.74) is 2.37. The molecule has 3 heterocycles. The summed E-state index contributed by atoms with van der Waals surface area (Å²) in [6.07, 6.45) is 2.49. The number of amides is 1. The molecular formula is C21H25FN4O2. The molecule has 1 N–H and O–H groups in total. The highest BCUT2D eigenvalue weighted by Crippen LogP contribution is 2.26. The van der Waals surface area contributed by atoms with Crippen LogP contribution in [0.15, 0.2) is 29.1 Å². The highest BCUT2D eigenvalue weighted by Gasteiger charge is 2.27. The van der Waals surface area contributed by atoms with E-state index in [1.807, 2.05) is 11.9 Å². The van der Waals surface area contributed by atoms with Crippen molar-refractivity contribution < 1.29 is 9.18 Å². The number of likely N-dealkylation sites (N-methyl/N-ethyl adjacent to an activating group) is 1. The molecule has 1 aromatic carbocycles. The number of aromatic amines is 1. The van der Waals surface area contributed by atoms with Crippen molar-refractivity contribution in [1.29, 1.82) is 0 Å². The number of hydrogen-bond acceptors (Lipinski definition) is 4. The molecule has 4 rings (SSSR count). The third-order valence-electron chi connectivity index (χ3n) is 5.76. The summed E-state index contributed by atoms with van der Waals surface area (Å²) in [7, 11) is 2.04.